The number of anilines is 1. The summed E-state index contributed by atoms with van der Waals surface area (Å²) in [6.45, 7) is 5.70. The van der Waals surface area contributed by atoms with Gasteiger partial charge in [0.15, 0.2) is 0 Å². The van der Waals surface area contributed by atoms with Crippen LogP contribution in [0.15, 0.2) is 30.9 Å². The molecule has 17 heavy (non-hydrogen) atoms. The van der Waals surface area contributed by atoms with Gasteiger partial charge in [-0.25, -0.2) is 0 Å². The number of aliphatic hydroxyl groups excluding tert-OH is 1. The van der Waals surface area contributed by atoms with Crippen molar-refractivity contribution in [2.24, 2.45) is 0 Å². The molecule has 0 amide bonds. The maximum atomic E-state index is 9.37. The molecule has 0 saturated heterocycles. The van der Waals surface area contributed by atoms with Crippen LogP contribution in [0.2, 0.25) is 5.02 Å². The van der Waals surface area contributed by atoms with Crippen molar-refractivity contribution in [3.05, 3.63) is 41.4 Å². The molecular weight excluding hydrogens is 238 g/mol. The summed E-state index contributed by atoms with van der Waals surface area (Å²) < 4.78 is 5.07. The Bertz CT molecular complexity index is 368. The van der Waals surface area contributed by atoms with Crippen LogP contribution < -0.4 is 4.90 Å². The Kier molecular flexibility index (Phi) is 6.05. The van der Waals surface area contributed by atoms with Gasteiger partial charge in [-0.3, -0.25) is 0 Å². The van der Waals surface area contributed by atoms with Gasteiger partial charge in [0, 0.05) is 36.5 Å². The van der Waals surface area contributed by atoms with Gasteiger partial charge in [0.25, 0.3) is 0 Å². The molecule has 0 heterocycles. The number of hydrogen-bond donors (Lipinski definition) is 1. The Morgan fingerprint density at radius 3 is 2.88 bits per heavy atom. The highest BCUT2D eigenvalue weighted by molar-refractivity contribution is 6.31. The molecule has 0 aliphatic carbocycles. The second-order valence-electron chi connectivity index (χ2n) is 3.62. The number of rotatable bonds is 7. The van der Waals surface area contributed by atoms with E-state index in [0.717, 1.165) is 17.8 Å². The van der Waals surface area contributed by atoms with E-state index < -0.39 is 0 Å². The zero-order chi connectivity index (χ0) is 12.7. The van der Waals surface area contributed by atoms with Gasteiger partial charge in [0.05, 0.1) is 13.2 Å². The van der Waals surface area contributed by atoms with E-state index in [1.165, 1.54) is 0 Å². The lowest BCUT2D eigenvalue weighted by molar-refractivity contribution is 0.205. The highest BCUT2D eigenvalue weighted by Gasteiger charge is 2.11. The van der Waals surface area contributed by atoms with Gasteiger partial charge in [-0.2, -0.15) is 0 Å². The molecule has 0 aliphatic rings. The van der Waals surface area contributed by atoms with Crippen molar-refractivity contribution in [2.75, 3.05) is 31.7 Å². The predicted molar refractivity (Wildman–Crippen MR) is 71.7 cm³/mol. The highest BCUT2D eigenvalue weighted by atomic mass is 35.5. The molecule has 1 N–H and O–H groups in total. The lowest BCUT2D eigenvalue weighted by atomic mass is 10.1. The van der Waals surface area contributed by atoms with Crippen LogP contribution in [0, 0.1) is 0 Å². The Labute approximate surface area is 107 Å². The van der Waals surface area contributed by atoms with Crippen LogP contribution in [0.25, 0.3) is 0 Å². The van der Waals surface area contributed by atoms with E-state index in [2.05, 4.69) is 11.5 Å². The minimum Gasteiger partial charge on any atom is -0.392 e. The molecule has 0 fully saturated rings. The molecule has 4 heteroatoms. The third-order valence-corrected chi connectivity index (χ3v) is 2.86. The Balaban J connectivity index is 2.99. The zero-order valence-electron chi connectivity index (χ0n) is 10.0. The van der Waals surface area contributed by atoms with Crippen LogP contribution in [-0.4, -0.2) is 31.9 Å². The number of benzene rings is 1. The summed E-state index contributed by atoms with van der Waals surface area (Å²) in [6.07, 6.45) is 1.82. The molecule has 94 valence electrons. The first kappa shape index (κ1) is 14.0. The normalized spacial score (nSPS) is 10.3. The number of ether oxygens (including phenoxy) is 1. The topological polar surface area (TPSA) is 32.7 Å². The summed E-state index contributed by atoms with van der Waals surface area (Å²) >= 11 is 6.06. The van der Waals surface area contributed by atoms with Crippen molar-refractivity contribution >= 4 is 17.3 Å². The largest absolute Gasteiger partial charge is 0.392 e. The molecule has 0 spiro atoms. The molecule has 1 aromatic carbocycles. The van der Waals surface area contributed by atoms with Crippen LogP contribution in [-0.2, 0) is 11.3 Å². The fourth-order valence-corrected chi connectivity index (χ4v) is 1.90. The van der Waals surface area contributed by atoms with Crippen molar-refractivity contribution < 1.29 is 9.84 Å². The average Bonchev–Trinajstić information content (AvgIpc) is 2.34. The van der Waals surface area contributed by atoms with Crippen molar-refractivity contribution in [2.45, 2.75) is 6.61 Å². The highest BCUT2D eigenvalue weighted by Crippen LogP contribution is 2.27. The first-order valence-corrected chi connectivity index (χ1v) is 5.85. The van der Waals surface area contributed by atoms with E-state index in [1.807, 2.05) is 18.2 Å². The summed E-state index contributed by atoms with van der Waals surface area (Å²) in [5.74, 6) is 0. The van der Waals surface area contributed by atoms with Gasteiger partial charge in [-0.15, -0.1) is 6.58 Å². The van der Waals surface area contributed by atoms with Gasteiger partial charge in [0.2, 0.25) is 0 Å². The lowest BCUT2D eigenvalue weighted by Crippen LogP contribution is -2.28. The van der Waals surface area contributed by atoms with E-state index in [1.54, 1.807) is 13.2 Å². The number of nitrogens with zero attached hydrogens (tertiary/aromatic N) is 1. The molecule has 0 aliphatic heterocycles. The van der Waals surface area contributed by atoms with Crippen LogP contribution in [0.5, 0.6) is 0 Å². The maximum absolute atomic E-state index is 9.37. The molecule has 3 nitrogen and oxygen atoms in total. The molecule has 0 saturated carbocycles. The number of hydrogen-bond acceptors (Lipinski definition) is 3. The molecular formula is C13H18ClNO2. The monoisotopic (exact) mass is 255 g/mol. The first-order valence-electron chi connectivity index (χ1n) is 5.47. The average molecular weight is 256 g/mol. The van der Waals surface area contributed by atoms with E-state index in [4.69, 9.17) is 16.3 Å². The predicted octanol–water partition coefficient (Wildman–Crippen LogP) is 2.47. The van der Waals surface area contributed by atoms with Gasteiger partial charge < -0.3 is 14.7 Å². The van der Waals surface area contributed by atoms with Crippen molar-refractivity contribution in [3.8, 4) is 0 Å². The fourth-order valence-electron chi connectivity index (χ4n) is 1.67. The van der Waals surface area contributed by atoms with Crippen LogP contribution >= 0.6 is 11.6 Å². The zero-order valence-corrected chi connectivity index (χ0v) is 10.8. The number of aliphatic hydroxyl groups is 1. The number of halogens is 1. The molecule has 0 aromatic heterocycles. The molecule has 0 bridgehead atoms. The van der Waals surface area contributed by atoms with E-state index in [-0.39, 0.29) is 6.61 Å². The molecule has 0 unspecified atom stereocenters. The van der Waals surface area contributed by atoms with Gasteiger partial charge in [-0.1, -0.05) is 23.7 Å². The SMILES string of the molecule is C=CCN(CCOC)c1cccc(Cl)c1CO. The molecule has 1 aromatic rings. The Morgan fingerprint density at radius 1 is 1.53 bits per heavy atom. The van der Waals surface area contributed by atoms with Crippen molar-refractivity contribution in [1.29, 1.82) is 0 Å². The van der Waals surface area contributed by atoms with Crippen LogP contribution in [0.1, 0.15) is 5.56 Å². The van der Waals surface area contributed by atoms with Gasteiger partial charge >= 0.3 is 0 Å². The summed E-state index contributed by atoms with van der Waals surface area (Å²) in [7, 11) is 1.66. The van der Waals surface area contributed by atoms with Crippen molar-refractivity contribution in [1.82, 2.24) is 0 Å². The standard InChI is InChI=1S/C13H18ClNO2/c1-3-7-15(8-9-17-2)13-6-4-5-12(14)11(13)10-16/h3-6,16H,1,7-10H2,2H3. The summed E-state index contributed by atoms with van der Waals surface area (Å²) in [6, 6.07) is 5.59. The second kappa shape index (κ2) is 7.33. The smallest absolute Gasteiger partial charge is 0.0716 e. The summed E-state index contributed by atoms with van der Waals surface area (Å²) in [5, 5.41) is 9.95. The van der Waals surface area contributed by atoms with Crippen LogP contribution in [0.4, 0.5) is 5.69 Å². The maximum Gasteiger partial charge on any atom is 0.0716 e. The lowest BCUT2D eigenvalue weighted by Gasteiger charge is -2.25. The third kappa shape index (κ3) is 3.73. The summed E-state index contributed by atoms with van der Waals surface area (Å²) in [5.41, 5.74) is 1.67. The second-order valence-corrected chi connectivity index (χ2v) is 4.03. The summed E-state index contributed by atoms with van der Waals surface area (Å²) in [4.78, 5) is 2.08. The molecule has 1 rings (SSSR count). The van der Waals surface area contributed by atoms with Crippen molar-refractivity contribution in [3.63, 3.8) is 0 Å². The van der Waals surface area contributed by atoms with E-state index >= 15 is 0 Å². The number of methoxy groups -OCH3 is 1. The van der Waals surface area contributed by atoms with Gasteiger partial charge in [-0.05, 0) is 12.1 Å². The molecule has 0 radical (unpaired) electrons. The first-order chi connectivity index (χ1) is 8.24. The molecule has 0 atom stereocenters. The quantitative estimate of drug-likeness (QED) is 0.760. The van der Waals surface area contributed by atoms with E-state index in [0.29, 0.717) is 18.2 Å². The fraction of sp³-hybridized carbons (Fsp3) is 0.385. The third-order valence-electron chi connectivity index (χ3n) is 2.51. The van der Waals surface area contributed by atoms with E-state index in [9.17, 15) is 5.11 Å². The minimum atomic E-state index is -0.0738. The van der Waals surface area contributed by atoms with Gasteiger partial charge in [0.1, 0.15) is 0 Å². The van der Waals surface area contributed by atoms with Crippen LogP contribution in [0.3, 0.4) is 0 Å². The Hall–Kier alpha value is -1.03. The Morgan fingerprint density at radius 2 is 2.29 bits per heavy atom. The minimum absolute atomic E-state index is 0.0738.